The molecule has 4 nitrogen and oxygen atoms in total. The van der Waals surface area contributed by atoms with Gasteiger partial charge in [-0.2, -0.15) is 57.1 Å². The summed E-state index contributed by atoms with van der Waals surface area (Å²) >= 11 is 0.370. The van der Waals surface area contributed by atoms with E-state index >= 15 is 0 Å². The molecule has 0 N–H and O–H groups in total. The maximum Gasteiger partial charge on any atom is 0.460 e. The van der Waals surface area contributed by atoms with E-state index in [1.54, 1.807) is 0 Å². The van der Waals surface area contributed by atoms with Gasteiger partial charge in [-0.25, -0.2) is 4.90 Å². The van der Waals surface area contributed by atoms with Gasteiger partial charge < -0.3 is 4.74 Å². The Kier molecular flexibility index (Phi) is 6.81. The molecule has 1 aliphatic rings. The topological polar surface area (TPSA) is 38.2 Å². The number of ether oxygens (including phenoxy) is 1. The second-order valence-corrected chi connectivity index (χ2v) is 6.80. The summed E-state index contributed by atoms with van der Waals surface area (Å²) in [6, 6.07) is 0. The van der Waals surface area contributed by atoms with E-state index in [1.807, 2.05) is 0 Å². The third-order valence-electron chi connectivity index (χ3n) is 4.14. The zero-order valence-corrected chi connectivity index (χ0v) is 15.6. The van der Waals surface area contributed by atoms with Crippen LogP contribution in [-0.2, 0) is 0 Å². The first-order valence-corrected chi connectivity index (χ1v) is 8.81. The van der Waals surface area contributed by atoms with E-state index in [0.29, 0.717) is 11.7 Å². The Labute approximate surface area is 169 Å². The predicted molar refractivity (Wildman–Crippen MR) is 81.1 cm³/mol. The summed E-state index contributed by atoms with van der Waals surface area (Å²) in [7, 11) is 0. The summed E-state index contributed by atoms with van der Waals surface area (Å²) in [4.78, 5) is 0.0966. The average Bonchev–Trinajstić information content (AvgIpc) is 3.08. The van der Waals surface area contributed by atoms with E-state index in [1.165, 1.54) is 6.08 Å². The van der Waals surface area contributed by atoms with Crippen molar-refractivity contribution in [2.24, 2.45) is 0 Å². The van der Waals surface area contributed by atoms with Gasteiger partial charge >= 0.3 is 30.2 Å². The Morgan fingerprint density at radius 2 is 1.52 bits per heavy atom. The molecule has 1 aromatic heterocycles. The molecule has 0 saturated heterocycles. The molecule has 0 radical (unpaired) electrons. The number of hydrogen-bond donors (Lipinski definition) is 0. The molecule has 2 rings (SSSR count). The number of alkyl halides is 12. The second kappa shape index (κ2) is 8.29. The highest BCUT2D eigenvalue weighted by molar-refractivity contribution is 6.99. The van der Waals surface area contributed by atoms with Crippen molar-refractivity contribution >= 4 is 17.3 Å². The van der Waals surface area contributed by atoms with Crippen LogP contribution < -0.4 is 4.74 Å². The first kappa shape index (κ1) is 25.5. The van der Waals surface area contributed by atoms with Gasteiger partial charge in [0, 0.05) is 13.1 Å². The van der Waals surface area contributed by atoms with Crippen molar-refractivity contribution in [2.45, 2.75) is 43.1 Å². The first-order valence-electron chi connectivity index (χ1n) is 8.08. The molecule has 0 unspecified atom stereocenters. The monoisotopic (exact) mass is 497 g/mol. The van der Waals surface area contributed by atoms with Crippen molar-refractivity contribution in [1.29, 1.82) is 0 Å². The summed E-state index contributed by atoms with van der Waals surface area (Å²) in [5, 5.41) is 0. The average molecular weight is 497 g/mol. The highest BCUT2D eigenvalue weighted by Crippen LogP contribution is 2.54. The van der Waals surface area contributed by atoms with Crippen molar-refractivity contribution in [3.8, 4) is 5.88 Å². The minimum atomic E-state index is -7.02. The van der Waals surface area contributed by atoms with Crippen LogP contribution in [-0.4, -0.2) is 63.6 Å². The van der Waals surface area contributed by atoms with Gasteiger partial charge in [-0.15, -0.1) is 4.37 Å². The number of halogens is 12. The Hall–Kier alpha value is -1.78. The van der Waals surface area contributed by atoms with Gasteiger partial charge in [0.1, 0.15) is 5.69 Å². The third-order valence-corrected chi connectivity index (χ3v) is 4.65. The molecule has 0 amide bonds. The number of rotatable bonds is 7. The van der Waals surface area contributed by atoms with Crippen LogP contribution in [0.1, 0.15) is 18.5 Å². The fraction of sp³-hybridized carbons (Fsp3) is 0.714. The van der Waals surface area contributed by atoms with Crippen molar-refractivity contribution in [3.05, 3.63) is 11.8 Å². The van der Waals surface area contributed by atoms with E-state index < -0.39 is 55.7 Å². The standard InChI is InChI=1S/C14H11F12N3OS/c15-10(16,11(17,18)12(19,20)13(21,22)23)3-5-30-9-8(27-31-28-9)7-2-1-4-29(6-7)14(24,25)26/h2H,1,3-6H2. The van der Waals surface area contributed by atoms with Crippen molar-refractivity contribution in [3.63, 3.8) is 0 Å². The van der Waals surface area contributed by atoms with Crippen LogP contribution in [0.3, 0.4) is 0 Å². The molecule has 178 valence electrons. The molecule has 31 heavy (non-hydrogen) atoms. The van der Waals surface area contributed by atoms with Crippen LogP contribution >= 0.6 is 11.7 Å². The summed E-state index contributed by atoms with van der Waals surface area (Å²) in [5.74, 6) is -20.3. The highest BCUT2D eigenvalue weighted by atomic mass is 32.1. The molecule has 0 saturated carbocycles. The lowest BCUT2D eigenvalue weighted by molar-refractivity contribution is -0.397. The molecule has 17 heteroatoms. The van der Waals surface area contributed by atoms with E-state index in [0.717, 1.165) is 0 Å². The van der Waals surface area contributed by atoms with E-state index in [9.17, 15) is 52.7 Å². The molecule has 0 aromatic carbocycles. The molecule has 1 aromatic rings. The van der Waals surface area contributed by atoms with E-state index in [4.69, 9.17) is 0 Å². The Bertz CT molecular complexity index is 801. The Balaban J connectivity index is 2.09. The lowest BCUT2D eigenvalue weighted by Crippen LogP contribution is -2.61. The zero-order chi connectivity index (χ0) is 23.9. The van der Waals surface area contributed by atoms with Crippen LogP contribution in [0.5, 0.6) is 5.88 Å². The molecular formula is C14H11F12N3OS. The minimum absolute atomic E-state index is 0.0759. The molecular weight excluding hydrogens is 486 g/mol. The van der Waals surface area contributed by atoms with Gasteiger partial charge in [0.05, 0.1) is 24.8 Å². The molecule has 0 fully saturated rings. The van der Waals surface area contributed by atoms with Crippen LogP contribution in [0.25, 0.3) is 5.57 Å². The zero-order valence-electron chi connectivity index (χ0n) is 14.8. The van der Waals surface area contributed by atoms with Crippen LogP contribution in [0, 0.1) is 0 Å². The van der Waals surface area contributed by atoms with Crippen LogP contribution in [0.15, 0.2) is 6.08 Å². The number of hydrogen-bond acceptors (Lipinski definition) is 5. The lowest BCUT2D eigenvalue weighted by Gasteiger charge is -2.33. The largest absolute Gasteiger partial charge is 0.475 e. The number of nitrogens with zero attached hydrogens (tertiary/aromatic N) is 3. The first-order chi connectivity index (χ1) is 13.9. The lowest BCUT2D eigenvalue weighted by atomic mass is 10.0. The second-order valence-electron chi connectivity index (χ2n) is 6.27. The summed E-state index contributed by atoms with van der Waals surface area (Å²) in [6.45, 7) is -2.59. The third kappa shape index (κ3) is 5.01. The van der Waals surface area contributed by atoms with Crippen molar-refractivity contribution < 1.29 is 57.4 Å². The van der Waals surface area contributed by atoms with Gasteiger partial charge in [0.2, 0.25) is 0 Å². The Morgan fingerprint density at radius 1 is 0.903 bits per heavy atom. The smallest absolute Gasteiger partial charge is 0.460 e. The van der Waals surface area contributed by atoms with E-state index in [2.05, 4.69) is 13.5 Å². The molecule has 0 spiro atoms. The summed E-state index contributed by atoms with van der Waals surface area (Å²) in [5.41, 5.74) is -0.400. The maximum absolute atomic E-state index is 13.5. The highest BCUT2D eigenvalue weighted by Gasteiger charge is 2.81. The van der Waals surface area contributed by atoms with Gasteiger partial charge in [0.15, 0.2) is 0 Å². The molecule has 0 aliphatic carbocycles. The van der Waals surface area contributed by atoms with Crippen molar-refractivity contribution in [1.82, 2.24) is 13.6 Å². The predicted octanol–water partition coefficient (Wildman–Crippen LogP) is 5.38. The summed E-state index contributed by atoms with van der Waals surface area (Å²) in [6.07, 6.45) is -12.7. The fourth-order valence-electron chi connectivity index (χ4n) is 2.44. The minimum Gasteiger partial charge on any atom is -0.475 e. The van der Waals surface area contributed by atoms with Crippen LogP contribution in [0.4, 0.5) is 52.7 Å². The van der Waals surface area contributed by atoms with Crippen LogP contribution in [0.2, 0.25) is 0 Å². The van der Waals surface area contributed by atoms with Crippen molar-refractivity contribution in [2.75, 3.05) is 19.7 Å². The number of aromatic nitrogens is 2. The van der Waals surface area contributed by atoms with Gasteiger partial charge in [0.25, 0.3) is 5.88 Å². The summed E-state index contributed by atoms with van der Waals surface area (Å²) < 4.78 is 166. The van der Waals surface area contributed by atoms with Gasteiger partial charge in [-0.1, -0.05) is 6.08 Å². The quantitative estimate of drug-likeness (QED) is 0.375. The normalized spacial score (nSPS) is 17.6. The molecule has 1 aliphatic heterocycles. The van der Waals surface area contributed by atoms with E-state index in [-0.39, 0.29) is 29.1 Å². The molecule has 0 bridgehead atoms. The molecule has 2 heterocycles. The maximum atomic E-state index is 13.5. The van der Waals surface area contributed by atoms with Gasteiger partial charge in [-0.05, 0) is 12.0 Å². The van der Waals surface area contributed by atoms with Gasteiger partial charge in [-0.3, -0.25) is 0 Å². The fourth-order valence-corrected chi connectivity index (χ4v) is 2.97. The Morgan fingerprint density at radius 3 is 2.06 bits per heavy atom. The SMILES string of the molecule is FC(F)(F)N1CCC=C(c2nsnc2OCCC(F)(F)C(F)(F)C(F)(F)C(F)(F)F)C1. The molecule has 0 atom stereocenters.